The lowest BCUT2D eigenvalue weighted by molar-refractivity contribution is -0.117. The van der Waals surface area contributed by atoms with Crippen LogP contribution < -0.4 is 20.1 Å². The monoisotopic (exact) mass is 404 g/mol. The molecule has 1 heterocycles. The molecule has 0 bridgehead atoms. The third kappa shape index (κ3) is 5.11. The molecular formula is C22H20N4O4. The van der Waals surface area contributed by atoms with Gasteiger partial charge < -0.3 is 14.8 Å². The van der Waals surface area contributed by atoms with Crippen molar-refractivity contribution in [1.29, 1.82) is 0 Å². The molecule has 2 amide bonds. The van der Waals surface area contributed by atoms with Crippen molar-refractivity contribution in [1.82, 2.24) is 9.97 Å². The lowest BCUT2D eigenvalue weighted by Crippen LogP contribution is -2.17. The lowest BCUT2D eigenvalue weighted by atomic mass is 10.2. The van der Waals surface area contributed by atoms with Gasteiger partial charge in [-0.15, -0.1) is 0 Å². The number of carbonyl (C=O) groups excluding carboxylic acids is 2. The summed E-state index contributed by atoms with van der Waals surface area (Å²) >= 11 is 0. The summed E-state index contributed by atoms with van der Waals surface area (Å²) in [6.45, 7) is 1.84. The number of aryl methyl sites for hydroxylation is 1. The van der Waals surface area contributed by atoms with Gasteiger partial charge in [-0.25, -0.2) is 14.8 Å². The average molecular weight is 404 g/mol. The fraction of sp³-hybridized carbons (Fsp3) is 0.182. The van der Waals surface area contributed by atoms with E-state index in [4.69, 9.17) is 9.47 Å². The zero-order valence-corrected chi connectivity index (χ0v) is 16.3. The number of ether oxygens (including phenoxy) is 2. The standard InChI is InChI=1S/C22H20N4O4/c1-14-11-17(9-10-18(14)25-22(28)30-16-5-3-2-4-6-16)29-20-12-19(23-13-24-20)26-21(27)15-7-8-15/h2-6,9-13,15H,7-8H2,1H3,(H,25,28)(H,23,24,26,27). The number of rotatable bonds is 6. The Balaban J connectivity index is 1.38. The van der Waals surface area contributed by atoms with Gasteiger partial charge in [-0.3, -0.25) is 10.1 Å². The van der Waals surface area contributed by atoms with E-state index >= 15 is 0 Å². The van der Waals surface area contributed by atoms with Crippen molar-refractivity contribution in [2.24, 2.45) is 5.92 Å². The normalized spacial score (nSPS) is 12.7. The molecule has 0 saturated heterocycles. The number of aromatic nitrogens is 2. The first-order chi connectivity index (χ1) is 14.6. The predicted octanol–water partition coefficient (Wildman–Crippen LogP) is 4.54. The van der Waals surface area contributed by atoms with E-state index in [9.17, 15) is 9.59 Å². The van der Waals surface area contributed by atoms with Gasteiger partial charge in [0.25, 0.3) is 0 Å². The molecule has 1 saturated carbocycles. The van der Waals surface area contributed by atoms with Crippen LogP contribution in [0.15, 0.2) is 60.9 Å². The van der Waals surface area contributed by atoms with Crippen LogP contribution in [0.4, 0.5) is 16.3 Å². The molecule has 152 valence electrons. The summed E-state index contributed by atoms with van der Waals surface area (Å²) in [6, 6.07) is 15.6. The van der Waals surface area contributed by atoms with E-state index in [1.54, 1.807) is 48.5 Å². The van der Waals surface area contributed by atoms with Crippen molar-refractivity contribution in [3.63, 3.8) is 0 Å². The fourth-order valence-corrected chi connectivity index (χ4v) is 2.73. The van der Waals surface area contributed by atoms with Crippen LogP contribution in [-0.2, 0) is 4.79 Å². The fourth-order valence-electron chi connectivity index (χ4n) is 2.73. The maximum atomic E-state index is 12.1. The summed E-state index contributed by atoms with van der Waals surface area (Å²) in [6.07, 6.45) is 2.59. The third-order valence-corrected chi connectivity index (χ3v) is 4.45. The maximum Gasteiger partial charge on any atom is 0.417 e. The SMILES string of the molecule is Cc1cc(Oc2cc(NC(=O)C3CC3)ncn2)ccc1NC(=O)Oc1ccccc1. The number of amides is 2. The zero-order chi connectivity index (χ0) is 20.9. The van der Waals surface area contributed by atoms with Gasteiger partial charge >= 0.3 is 6.09 Å². The highest BCUT2D eigenvalue weighted by atomic mass is 16.6. The van der Waals surface area contributed by atoms with Crippen molar-refractivity contribution in [2.45, 2.75) is 19.8 Å². The van der Waals surface area contributed by atoms with Gasteiger partial charge in [-0.2, -0.15) is 0 Å². The van der Waals surface area contributed by atoms with Gasteiger partial charge in [0.1, 0.15) is 23.6 Å². The van der Waals surface area contributed by atoms with Crippen molar-refractivity contribution in [2.75, 3.05) is 10.6 Å². The van der Waals surface area contributed by atoms with Crippen molar-refractivity contribution in [3.8, 4) is 17.4 Å². The minimum absolute atomic E-state index is 0.0340. The molecule has 30 heavy (non-hydrogen) atoms. The summed E-state index contributed by atoms with van der Waals surface area (Å²) in [7, 11) is 0. The van der Waals surface area contributed by atoms with E-state index in [0.717, 1.165) is 18.4 Å². The molecule has 1 aromatic heterocycles. The number of benzene rings is 2. The quantitative estimate of drug-likeness (QED) is 0.625. The minimum Gasteiger partial charge on any atom is -0.439 e. The Kier molecular flexibility index (Phi) is 5.56. The Labute approximate surface area is 173 Å². The van der Waals surface area contributed by atoms with Crippen LogP contribution >= 0.6 is 0 Å². The molecule has 4 rings (SSSR count). The highest BCUT2D eigenvalue weighted by Crippen LogP contribution is 2.30. The molecule has 1 aliphatic carbocycles. The predicted molar refractivity (Wildman–Crippen MR) is 111 cm³/mol. The van der Waals surface area contributed by atoms with Crippen LogP contribution in [-0.4, -0.2) is 22.0 Å². The van der Waals surface area contributed by atoms with E-state index in [1.165, 1.54) is 6.33 Å². The molecule has 0 radical (unpaired) electrons. The summed E-state index contributed by atoms with van der Waals surface area (Å²) in [5, 5.41) is 5.47. The topological polar surface area (TPSA) is 102 Å². The van der Waals surface area contributed by atoms with Gasteiger partial charge in [-0.1, -0.05) is 18.2 Å². The molecule has 1 fully saturated rings. The van der Waals surface area contributed by atoms with Gasteiger partial charge in [-0.05, 0) is 55.7 Å². The minimum atomic E-state index is -0.579. The largest absolute Gasteiger partial charge is 0.439 e. The zero-order valence-electron chi connectivity index (χ0n) is 16.3. The van der Waals surface area contributed by atoms with E-state index in [1.807, 2.05) is 13.0 Å². The Morgan fingerprint density at radius 2 is 1.77 bits per heavy atom. The molecule has 0 spiro atoms. The molecule has 3 aromatic rings. The Morgan fingerprint density at radius 3 is 2.50 bits per heavy atom. The van der Waals surface area contributed by atoms with Crippen LogP contribution in [0.3, 0.4) is 0 Å². The van der Waals surface area contributed by atoms with Gasteiger partial charge in [0, 0.05) is 17.7 Å². The van der Waals surface area contributed by atoms with Gasteiger partial charge in [0.2, 0.25) is 11.8 Å². The summed E-state index contributed by atoms with van der Waals surface area (Å²) in [5.41, 5.74) is 1.39. The summed E-state index contributed by atoms with van der Waals surface area (Å²) < 4.78 is 11.0. The molecular weight excluding hydrogens is 384 g/mol. The number of hydrogen-bond donors (Lipinski definition) is 2. The number of hydrogen-bond acceptors (Lipinski definition) is 6. The molecule has 2 aromatic carbocycles. The van der Waals surface area contributed by atoms with E-state index in [0.29, 0.717) is 28.9 Å². The lowest BCUT2D eigenvalue weighted by Gasteiger charge is -2.11. The van der Waals surface area contributed by atoms with Crippen molar-refractivity contribution >= 4 is 23.5 Å². The van der Waals surface area contributed by atoms with E-state index < -0.39 is 6.09 Å². The molecule has 2 N–H and O–H groups in total. The van der Waals surface area contributed by atoms with Crippen molar-refractivity contribution in [3.05, 3.63) is 66.5 Å². The Bertz CT molecular complexity index is 1070. The first-order valence-corrected chi connectivity index (χ1v) is 9.52. The molecule has 1 aliphatic rings. The number of nitrogens with zero attached hydrogens (tertiary/aromatic N) is 2. The molecule has 0 unspecified atom stereocenters. The second-order valence-corrected chi connectivity index (χ2v) is 6.91. The number of carbonyl (C=O) groups is 2. The second kappa shape index (κ2) is 8.60. The molecule has 8 heteroatoms. The number of anilines is 2. The highest BCUT2D eigenvalue weighted by Gasteiger charge is 2.29. The van der Waals surface area contributed by atoms with Crippen LogP contribution in [0, 0.1) is 12.8 Å². The van der Waals surface area contributed by atoms with Crippen LogP contribution in [0.2, 0.25) is 0 Å². The van der Waals surface area contributed by atoms with E-state index in [2.05, 4.69) is 20.6 Å². The smallest absolute Gasteiger partial charge is 0.417 e. The molecule has 0 atom stereocenters. The summed E-state index contributed by atoms with van der Waals surface area (Å²) in [4.78, 5) is 32.1. The first kappa shape index (κ1) is 19.4. The highest BCUT2D eigenvalue weighted by molar-refractivity contribution is 5.93. The van der Waals surface area contributed by atoms with Gasteiger partial charge in [0.15, 0.2) is 0 Å². The number of nitrogens with one attached hydrogen (secondary N) is 2. The number of para-hydroxylation sites is 1. The van der Waals surface area contributed by atoms with Gasteiger partial charge in [0.05, 0.1) is 0 Å². The van der Waals surface area contributed by atoms with Crippen LogP contribution in [0.5, 0.6) is 17.4 Å². The summed E-state index contributed by atoms with van der Waals surface area (Å²) in [5.74, 6) is 1.75. The maximum absolute atomic E-state index is 12.1. The first-order valence-electron chi connectivity index (χ1n) is 9.52. The third-order valence-electron chi connectivity index (χ3n) is 4.45. The van der Waals surface area contributed by atoms with Crippen LogP contribution in [0.25, 0.3) is 0 Å². The molecule has 8 nitrogen and oxygen atoms in total. The Morgan fingerprint density at radius 1 is 0.967 bits per heavy atom. The Hall–Kier alpha value is -3.94. The van der Waals surface area contributed by atoms with Crippen LogP contribution in [0.1, 0.15) is 18.4 Å². The average Bonchev–Trinajstić information content (AvgIpc) is 3.57. The van der Waals surface area contributed by atoms with E-state index in [-0.39, 0.29) is 11.8 Å². The van der Waals surface area contributed by atoms with Crippen molar-refractivity contribution < 1.29 is 19.1 Å². The molecule has 0 aliphatic heterocycles. The second-order valence-electron chi connectivity index (χ2n) is 6.91.